The van der Waals surface area contributed by atoms with E-state index in [0.29, 0.717) is 24.8 Å². The Morgan fingerprint density at radius 3 is 1.98 bits per heavy atom. The molecule has 0 aliphatic rings. The number of ether oxygens (including phenoxy) is 4. The number of carbonyl (C=O) groups excluding carboxylic acids is 3. The molecule has 1 aromatic heterocycles. The van der Waals surface area contributed by atoms with Crippen LogP contribution in [0.2, 0.25) is 18.1 Å². The van der Waals surface area contributed by atoms with E-state index in [0.717, 1.165) is 34.4 Å². The first-order valence-corrected chi connectivity index (χ1v) is 25.5. The normalized spacial score (nSPS) is 15.7. The standard InChI is InChI=1S/C40H61Cl6NO11SSi/c1-10-60(11-2,12-3)58-32(21-33(49)50)38(8,9)35(51)27(6)34(57-37(53)56-24-40(44,45)46)25(4)14-13-15-29(18-19-54-36(52)55-23-39(41,42)43)16-17-31(48)26(5)20-30-22-59-28(7)47-30/h16,20,22,25,27,31-32,34,48H,10-15,17-19,21,23-24H2,1-9H3,(H,49,50)/t25-,27+,31-,32-,34-/m0/s1. The number of nitrogens with zero attached hydrogens (tertiary/aromatic N) is 1. The van der Waals surface area contributed by atoms with Crippen molar-refractivity contribution in [3.05, 3.63) is 33.3 Å². The summed E-state index contributed by atoms with van der Waals surface area (Å²) < 4.78 is 23.9. The average Bonchev–Trinajstić information content (AvgIpc) is 3.57. The second kappa shape index (κ2) is 26.5. The van der Waals surface area contributed by atoms with Gasteiger partial charge in [0.25, 0.3) is 0 Å². The number of aryl methyl sites for hydroxylation is 1. The molecule has 0 fully saturated rings. The van der Waals surface area contributed by atoms with E-state index in [2.05, 4.69) is 4.98 Å². The smallest absolute Gasteiger partial charge is 0.481 e. The first-order chi connectivity index (χ1) is 27.7. The predicted molar refractivity (Wildman–Crippen MR) is 243 cm³/mol. The van der Waals surface area contributed by atoms with Crippen molar-refractivity contribution in [2.24, 2.45) is 17.3 Å². The Kier molecular flexibility index (Phi) is 25.0. The fraction of sp³-hybridized carbons (Fsp3) is 0.725. The summed E-state index contributed by atoms with van der Waals surface area (Å²) in [5, 5.41) is 23.7. The number of hydrogen-bond acceptors (Lipinski definition) is 12. The second-order valence-corrected chi connectivity index (χ2v) is 26.3. The molecular weight excluding hydrogens is 943 g/mol. The van der Waals surface area contributed by atoms with Crippen molar-refractivity contribution in [1.29, 1.82) is 0 Å². The van der Waals surface area contributed by atoms with E-state index >= 15 is 0 Å². The Morgan fingerprint density at radius 1 is 0.917 bits per heavy atom. The van der Waals surface area contributed by atoms with Crippen LogP contribution in [0.25, 0.3) is 6.08 Å². The molecule has 5 atom stereocenters. The monoisotopic (exact) mass is 1000 g/mol. The van der Waals surface area contributed by atoms with E-state index < -0.39 is 83.0 Å². The van der Waals surface area contributed by atoms with Gasteiger partial charge in [0, 0.05) is 17.2 Å². The molecule has 1 aromatic rings. The summed E-state index contributed by atoms with van der Waals surface area (Å²) in [6, 6.07) is 2.25. The van der Waals surface area contributed by atoms with Gasteiger partial charge >= 0.3 is 18.3 Å². The Balaban J connectivity index is 3.38. The molecule has 0 bridgehead atoms. The van der Waals surface area contributed by atoms with Crippen LogP contribution in [0.15, 0.2) is 22.6 Å². The number of carbonyl (C=O) groups is 4. The first-order valence-electron chi connectivity index (χ1n) is 19.9. The van der Waals surface area contributed by atoms with Crippen molar-refractivity contribution in [3.63, 3.8) is 0 Å². The highest BCUT2D eigenvalue weighted by molar-refractivity contribution is 7.09. The minimum absolute atomic E-state index is 0.0672. The molecule has 0 amide bonds. The predicted octanol–water partition coefficient (Wildman–Crippen LogP) is 12.2. The minimum atomic E-state index is -2.37. The van der Waals surface area contributed by atoms with Crippen LogP contribution in [0.1, 0.15) is 105 Å². The second-order valence-electron chi connectivity index (χ2n) is 15.5. The van der Waals surface area contributed by atoms with Crippen molar-refractivity contribution in [2.75, 3.05) is 19.8 Å². The zero-order chi connectivity index (χ0) is 46.1. The van der Waals surface area contributed by atoms with Crippen LogP contribution in [0.5, 0.6) is 0 Å². The Labute approximate surface area is 390 Å². The highest BCUT2D eigenvalue weighted by Crippen LogP contribution is 2.38. The van der Waals surface area contributed by atoms with E-state index in [1.54, 1.807) is 20.8 Å². The third-order valence-electron chi connectivity index (χ3n) is 10.5. The number of carboxylic acids is 1. The number of aliphatic carboxylic acids is 1. The van der Waals surface area contributed by atoms with Crippen molar-refractivity contribution < 1.29 is 52.8 Å². The molecular formula is C40H61Cl6NO11SSi. The van der Waals surface area contributed by atoms with Crippen molar-refractivity contribution in [2.45, 2.75) is 145 Å². The van der Waals surface area contributed by atoms with Crippen LogP contribution < -0.4 is 0 Å². The third kappa shape index (κ3) is 21.4. The molecule has 0 saturated carbocycles. The minimum Gasteiger partial charge on any atom is -0.481 e. The number of Topliss-reactive ketones (excluding diaryl/α,β-unsaturated/α-hetero) is 1. The van der Waals surface area contributed by atoms with E-state index in [4.69, 9.17) is 93.0 Å². The lowest BCUT2D eigenvalue weighted by molar-refractivity contribution is -0.147. The molecule has 0 radical (unpaired) electrons. The SMILES string of the molecule is CC[Si](CC)(CC)O[C@@H](CC(=O)O)C(C)(C)C(=O)[C@H](C)[C@@H](OC(=O)OCC(Cl)(Cl)Cl)[C@@H](C)CCCC(=CC[C@H](O)C(C)=Cc1csc(C)n1)CCOC(=O)OCC(Cl)(Cl)Cl. The fourth-order valence-corrected chi connectivity index (χ4v) is 10.5. The number of rotatable bonds is 26. The summed E-state index contributed by atoms with van der Waals surface area (Å²) in [5.41, 5.74) is 1.02. The maximum absolute atomic E-state index is 14.5. The summed E-state index contributed by atoms with van der Waals surface area (Å²) in [6.07, 6.45) is 0.322. The number of carboxylic acid groups (broad SMARTS) is 1. The summed E-state index contributed by atoms with van der Waals surface area (Å²) in [4.78, 5) is 56.2. The van der Waals surface area contributed by atoms with Gasteiger partial charge < -0.3 is 33.6 Å². The molecule has 0 unspecified atom stereocenters. The Hall–Kier alpha value is -1.33. The van der Waals surface area contributed by atoms with Crippen LogP contribution >= 0.6 is 80.9 Å². The molecule has 0 aromatic carbocycles. The van der Waals surface area contributed by atoms with Gasteiger partial charge in [0.2, 0.25) is 7.59 Å². The topological polar surface area (TPSA) is 168 Å². The molecule has 0 saturated heterocycles. The molecule has 2 N–H and O–H groups in total. The van der Waals surface area contributed by atoms with E-state index in [9.17, 15) is 29.4 Å². The average molecular weight is 1000 g/mol. The molecule has 0 aliphatic carbocycles. The Morgan fingerprint density at radius 2 is 1.48 bits per heavy atom. The van der Waals surface area contributed by atoms with Gasteiger partial charge in [-0.25, -0.2) is 14.6 Å². The van der Waals surface area contributed by atoms with Crippen LogP contribution in [-0.4, -0.2) is 93.3 Å². The quantitative estimate of drug-likeness (QED) is 0.0391. The van der Waals surface area contributed by atoms with Gasteiger partial charge in [-0.3, -0.25) is 9.59 Å². The van der Waals surface area contributed by atoms with Crippen LogP contribution in [0, 0.1) is 24.2 Å². The summed E-state index contributed by atoms with van der Waals surface area (Å²) >= 11 is 35.9. The maximum atomic E-state index is 14.5. The van der Waals surface area contributed by atoms with Gasteiger partial charge in [0.05, 0.1) is 41.9 Å². The van der Waals surface area contributed by atoms with Crippen LogP contribution in [-0.2, 0) is 33.0 Å². The van der Waals surface area contributed by atoms with Crippen molar-refractivity contribution in [1.82, 2.24) is 4.98 Å². The van der Waals surface area contributed by atoms with Gasteiger partial charge in [-0.1, -0.05) is 130 Å². The van der Waals surface area contributed by atoms with Gasteiger partial charge in [0.15, 0.2) is 8.32 Å². The highest BCUT2D eigenvalue weighted by Gasteiger charge is 2.47. The number of thiazole rings is 1. The maximum Gasteiger partial charge on any atom is 0.508 e. The number of aliphatic hydroxyl groups excluding tert-OH is 1. The lowest BCUT2D eigenvalue weighted by Crippen LogP contribution is -2.51. The number of alkyl halides is 6. The molecule has 60 heavy (non-hydrogen) atoms. The van der Waals surface area contributed by atoms with Crippen LogP contribution in [0.3, 0.4) is 0 Å². The molecule has 0 spiro atoms. The van der Waals surface area contributed by atoms with Crippen molar-refractivity contribution >= 4 is 119 Å². The lowest BCUT2D eigenvalue weighted by atomic mass is 9.73. The van der Waals surface area contributed by atoms with Gasteiger partial charge in [-0.15, -0.1) is 11.3 Å². The number of ketones is 1. The number of hydrogen-bond donors (Lipinski definition) is 2. The fourth-order valence-electron chi connectivity index (χ4n) is 6.63. The molecule has 0 aliphatic heterocycles. The zero-order valence-corrected chi connectivity index (χ0v) is 42.1. The van der Waals surface area contributed by atoms with Gasteiger partial charge in [-0.2, -0.15) is 0 Å². The highest BCUT2D eigenvalue weighted by atomic mass is 35.6. The summed E-state index contributed by atoms with van der Waals surface area (Å²) in [6.45, 7) is 15.4. The molecule has 20 heteroatoms. The zero-order valence-electron chi connectivity index (χ0n) is 35.8. The van der Waals surface area contributed by atoms with E-state index in [1.807, 2.05) is 59.1 Å². The largest absolute Gasteiger partial charge is 0.508 e. The molecule has 1 rings (SSSR count). The van der Waals surface area contributed by atoms with E-state index in [-0.39, 0.29) is 31.7 Å². The van der Waals surface area contributed by atoms with Gasteiger partial charge in [-0.05, 0) is 75.2 Å². The summed E-state index contributed by atoms with van der Waals surface area (Å²) in [7, 11) is -2.37. The number of halogens is 6. The number of aliphatic hydroxyl groups is 1. The number of aromatic nitrogens is 1. The Bertz CT molecular complexity index is 1590. The van der Waals surface area contributed by atoms with Crippen molar-refractivity contribution in [3.8, 4) is 0 Å². The first kappa shape index (κ1) is 56.7. The molecule has 1 heterocycles. The molecule has 344 valence electrons. The third-order valence-corrected chi connectivity index (χ3v) is 16.6. The van der Waals surface area contributed by atoms with Gasteiger partial charge in [0.1, 0.15) is 25.1 Å². The summed E-state index contributed by atoms with van der Waals surface area (Å²) in [5.74, 6) is -2.83. The lowest BCUT2D eigenvalue weighted by Gasteiger charge is -2.42. The molecule has 12 nitrogen and oxygen atoms in total. The van der Waals surface area contributed by atoms with E-state index in [1.165, 1.54) is 11.3 Å². The van der Waals surface area contributed by atoms with Crippen LogP contribution in [0.4, 0.5) is 9.59 Å².